The van der Waals surface area contributed by atoms with Gasteiger partial charge >= 0.3 is 0 Å². The van der Waals surface area contributed by atoms with E-state index >= 15 is 0 Å². The molecule has 0 radical (unpaired) electrons. The first-order valence-corrected chi connectivity index (χ1v) is 7.13. The number of rotatable bonds is 0. The van der Waals surface area contributed by atoms with Gasteiger partial charge in [0, 0.05) is 16.2 Å². The minimum absolute atomic E-state index is 0.952. The second-order valence-electron chi connectivity index (χ2n) is 5.42. The van der Waals surface area contributed by atoms with Gasteiger partial charge in [-0.2, -0.15) is 0 Å². The Morgan fingerprint density at radius 2 is 1.14 bits per heavy atom. The Bertz CT molecular complexity index is 1130. The van der Waals surface area contributed by atoms with Gasteiger partial charge < -0.3 is 4.42 Å². The van der Waals surface area contributed by atoms with Crippen molar-refractivity contribution in [3.05, 3.63) is 72.8 Å². The average Bonchev–Trinajstić information content (AvgIpc) is 2.93. The van der Waals surface area contributed by atoms with E-state index in [2.05, 4.69) is 60.7 Å². The summed E-state index contributed by atoms with van der Waals surface area (Å²) in [5.74, 6) is 0. The topological polar surface area (TPSA) is 13.1 Å². The van der Waals surface area contributed by atoms with Gasteiger partial charge in [0.1, 0.15) is 11.2 Å². The predicted octanol–water partition coefficient (Wildman–Crippen LogP) is 5.89. The van der Waals surface area contributed by atoms with Crippen molar-refractivity contribution in [2.45, 2.75) is 0 Å². The number of hydrogen-bond acceptors (Lipinski definition) is 1. The van der Waals surface area contributed by atoms with Gasteiger partial charge in [0.05, 0.1) is 0 Å². The summed E-state index contributed by atoms with van der Waals surface area (Å²) in [6.07, 6.45) is 0. The van der Waals surface area contributed by atoms with E-state index in [1.54, 1.807) is 0 Å². The number of benzene rings is 4. The zero-order chi connectivity index (χ0) is 13.8. The van der Waals surface area contributed by atoms with E-state index in [1.807, 2.05) is 12.1 Å². The van der Waals surface area contributed by atoms with Gasteiger partial charge in [0.2, 0.25) is 0 Å². The summed E-state index contributed by atoms with van der Waals surface area (Å²) in [6.45, 7) is 0. The van der Waals surface area contributed by atoms with Gasteiger partial charge in [-0.05, 0) is 34.4 Å². The van der Waals surface area contributed by atoms with Crippen molar-refractivity contribution < 1.29 is 4.42 Å². The molecule has 0 bridgehead atoms. The molecular formula is C20H12O. The van der Waals surface area contributed by atoms with Crippen molar-refractivity contribution in [1.29, 1.82) is 0 Å². The van der Waals surface area contributed by atoms with Crippen LogP contribution in [0.15, 0.2) is 77.2 Å². The zero-order valence-corrected chi connectivity index (χ0v) is 11.3. The number of fused-ring (bicyclic) bond motifs is 7. The molecule has 5 aromatic rings. The predicted molar refractivity (Wildman–Crippen MR) is 88.7 cm³/mol. The first-order valence-electron chi connectivity index (χ1n) is 7.13. The monoisotopic (exact) mass is 268 g/mol. The van der Waals surface area contributed by atoms with Crippen molar-refractivity contribution >= 4 is 43.5 Å². The van der Waals surface area contributed by atoms with E-state index < -0.39 is 0 Å². The quantitative estimate of drug-likeness (QED) is 0.319. The Kier molecular flexibility index (Phi) is 2.01. The van der Waals surface area contributed by atoms with Crippen LogP contribution in [0.4, 0.5) is 0 Å². The first kappa shape index (κ1) is 10.9. The summed E-state index contributed by atoms with van der Waals surface area (Å²) in [4.78, 5) is 0. The molecule has 98 valence electrons. The highest BCUT2D eigenvalue weighted by Crippen LogP contribution is 2.36. The van der Waals surface area contributed by atoms with Crippen LogP contribution < -0.4 is 0 Å². The van der Waals surface area contributed by atoms with E-state index in [4.69, 9.17) is 4.42 Å². The van der Waals surface area contributed by atoms with E-state index in [-0.39, 0.29) is 0 Å². The maximum absolute atomic E-state index is 6.11. The summed E-state index contributed by atoms with van der Waals surface area (Å²) < 4.78 is 6.11. The SMILES string of the molecule is c1ccc2c(c1)ccc1c2ccc2c3ccccc3oc21. The highest BCUT2D eigenvalue weighted by molar-refractivity contribution is 6.20. The lowest BCUT2D eigenvalue weighted by Crippen LogP contribution is -1.78. The molecule has 0 aliphatic rings. The van der Waals surface area contributed by atoms with Crippen LogP contribution in [-0.4, -0.2) is 0 Å². The van der Waals surface area contributed by atoms with Crippen LogP contribution in [0.5, 0.6) is 0 Å². The Morgan fingerprint density at radius 1 is 0.476 bits per heavy atom. The summed E-state index contributed by atoms with van der Waals surface area (Å²) in [6, 6.07) is 25.4. The third-order valence-electron chi connectivity index (χ3n) is 4.27. The number of para-hydroxylation sites is 1. The molecule has 0 saturated carbocycles. The third-order valence-corrected chi connectivity index (χ3v) is 4.27. The molecule has 5 rings (SSSR count). The van der Waals surface area contributed by atoms with Gasteiger partial charge in [0.15, 0.2) is 0 Å². The third kappa shape index (κ3) is 1.40. The smallest absolute Gasteiger partial charge is 0.143 e. The second-order valence-corrected chi connectivity index (χ2v) is 5.42. The first-order chi connectivity index (χ1) is 10.4. The molecule has 4 aromatic carbocycles. The van der Waals surface area contributed by atoms with E-state index in [0.717, 1.165) is 11.2 Å². The summed E-state index contributed by atoms with van der Waals surface area (Å²) in [5, 5.41) is 7.34. The Morgan fingerprint density at radius 3 is 2.10 bits per heavy atom. The molecule has 0 saturated heterocycles. The van der Waals surface area contributed by atoms with E-state index in [1.165, 1.54) is 32.3 Å². The molecule has 1 nitrogen and oxygen atoms in total. The average molecular weight is 268 g/mol. The lowest BCUT2D eigenvalue weighted by atomic mass is 10.00. The molecule has 21 heavy (non-hydrogen) atoms. The van der Waals surface area contributed by atoms with Crippen molar-refractivity contribution in [1.82, 2.24) is 0 Å². The molecular weight excluding hydrogens is 256 g/mol. The van der Waals surface area contributed by atoms with Gasteiger partial charge in [-0.15, -0.1) is 0 Å². The van der Waals surface area contributed by atoms with Crippen molar-refractivity contribution in [2.24, 2.45) is 0 Å². The highest BCUT2D eigenvalue weighted by atomic mass is 16.3. The van der Waals surface area contributed by atoms with Gasteiger partial charge in [0.25, 0.3) is 0 Å². The van der Waals surface area contributed by atoms with Gasteiger partial charge in [-0.1, -0.05) is 54.6 Å². The van der Waals surface area contributed by atoms with Gasteiger partial charge in [-0.25, -0.2) is 0 Å². The Labute approximate surface area is 121 Å². The zero-order valence-electron chi connectivity index (χ0n) is 11.3. The highest BCUT2D eigenvalue weighted by Gasteiger charge is 2.10. The van der Waals surface area contributed by atoms with Crippen LogP contribution >= 0.6 is 0 Å². The van der Waals surface area contributed by atoms with Gasteiger partial charge in [-0.3, -0.25) is 0 Å². The maximum Gasteiger partial charge on any atom is 0.143 e. The van der Waals surface area contributed by atoms with Crippen LogP contribution in [0.25, 0.3) is 43.5 Å². The minimum Gasteiger partial charge on any atom is -0.455 e. The van der Waals surface area contributed by atoms with Crippen LogP contribution in [-0.2, 0) is 0 Å². The fourth-order valence-corrected chi connectivity index (χ4v) is 3.27. The van der Waals surface area contributed by atoms with Crippen LogP contribution in [0.1, 0.15) is 0 Å². The molecule has 1 aromatic heterocycles. The summed E-state index contributed by atoms with van der Waals surface area (Å²) in [7, 11) is 0. The molecule has 1 heterocycles. The van der Waals surface area contributed by atoms with Crippen LogP contribution in [0.2, 0.25) is 0 Å². The molecule has 0 aliphatic heterocycles. The molecule has 0 aliphatic carbocycles. The van der Waals surface area contributed by atoms with E-state index in [0.29, 0.717) is 0 Å². The molecule has 0 unspecified atom stereocenters. The fraction of sp³-hybridized carbons (Fsp3) is 0. The second kappa shape index (κ2) is 3.86. The van der Waals surface area contributed by atoms with Crippen molar-refractivity contribution in [2.75, 3.05) is 0 Å². The molecule has 1 heteroatoms. The molecule has 0 fully saturated rings. The summed E-state index contributed by atoms with van der Waals surface area (Å²) in [5.41, 5.74) is 1.94. The minimum atomic E-state index is 0.952. The summed E-state index contributed by atoms with van der Waals surface area (Å²) >= 11 is 0. The van der Waals surface area contributed by atoms with Crippen LogP contribution in [0, 0.1) is 0 Å². The Balaban J connectivity index is 2.07. The molecule has 0 amide bonds. The normalized spacial score (nSPS) is 11.8. The number of hydrogen-bond donors (Lipinski definition) is 0. The Hall–Kier alpha value is -2.80. The van der Waals surface area contributed by atoms with Crippen molar-refractivity contribution in [3.8, 4) is 0 Å². The maximum atomic E-state index is 6.11. The lowest BCUT2D eigenvalue weighted by molar-refractivity contribution is 0.672. The van der Waals surface area contributed by atoms with Crippen molar-refractivity contribution in [3.63, 3.8) is 0 Å². The lowest BCUT2D eigenvalue weighted by Gasteiger charge is -2.04. The van der Waals surface area contributed by atoms with E-state index in [9.17, 15) is 0 Å². The molecule has 0 atom stereocenters. The van der Waals surface area contributed by atoms with Crippen LogP contribution in [0.3, 0.4) is 0 Å². The molecule has 0 spiro atoms. The largest absolute Gasteiger partial charge is 0.455 e. The molecule has 0 N–H and O–H groups in total. The number of furan rings is 1. The fourth-order valence-electron chi connectivity index (χ4n) is 3.27. The standard InChI is InChI=1S/C20H12O/c1-2-6-14-13(5-1)9-10-17-15(14)11-12-18-16-7-3-4-8-19(16)21-20(17)18/h1-12H.